The quantitative estimate of drug-likeness (QED) is 0.478. The van der Waals surface area contributed by atoms with Crippen LogP contribution in [0.1, 0.15) is 82.6 Å². The lowest BCUT2D eigenvalue weighted by Crippen LogP contribution is -2.52. The van der Waals surface area contributed by atoms with Gasteiger partial charge in [-0.2, -0.15) is 0 Å². The van der Waals surface area contributed by atoms with Crippen molar-refractivity contribution in [1.29, 1.82) is 0 Å². The Balaban J connectivity index is 1.65. The molecule has 0 spiro atoms. The number of carboxylic acids is 1. The molecular weight excluding hydrogens is 428 g/mol. The molecule has 2 aromatic carbocycles. The van der Waals surface area contributed by atoms with Crippen molar-refractivity contribution >= 4 is 5.97 Å². The van der Waals surface area contributed by atoms with Crippen LogP contribution in [-0.4, -0.2) is 29.4 Å². The van der Waals surface area contributed by atoms with Gasteiger partial charge in [0.15, 0.2) is 0 Å². The topological polar surface area (TPSA) is 65.0 Å². The summed E-state index contributed by atoms with van der Waals surface area (Å²) >= 11 is 0. The molecule has 0 unspecified atom stereocenters. The minimum atomic E-state index is -0.795. The minimum Gasteiger partial charge on any atom is -0.494 e. The zero-order valence-corrected chi connectivity index (χ0v) is 21.0. The number of benzene rings is 2. The molecule has 5 atom stereocenters. The number of carbonyl (C=O) groups is 1. The van der Waals surface area contributed by atoms with E-state index >= 15 is 0 Å². The number of ether oxygens (including phenoxy) is 3. The fourth-order valence-electron chi connectivity index (χ4n) is 5.56. The van der Waals surface area contributed by atoms with Gasteiger partial charge < -0.3 is 19.3 Å². The van der Waals surface area contributed by atoms with Crippen LogP contribution in [0.3, 0.4) is 0 Å². The van der Waals surface area contributed by atoms with E-state index in [1.165, 1.54) is 5.56 Å². The summed E-state index contributed by atoms with van der Waals surface area (Å²) in [5, 5.41) is 10.1. The molecule has 1 N–H and O–H groups in total. The summed E-state index contributed by atoms with van der Waals surface area (Å²) in [6.07, 6.45) is 2.36. The Morgan fingerprint density at radius 1 is 1.18 bits per heavy atom. The molecule has 5 heteroatoms. The zero-order chi connectivity index (χ0) is 24.5. The predicted octanol–water partition coefficient (Wildman–Crippen LogP) is 6.55. The predicted molar refractivity (Wildman–Crippen MR) is 133 cm³/mol. The third-order valence-corrected chi connectivity index (χ3v) is 7.72. The van der Waals surface area contributed by atoms with E-state index in [0.717, 1.165) is 29.0 Å². The van der Waals surface area contributed by atoms with E-state index in [9.17, 15) is 9.90 Å². The average molecular weight is 467 g/mol. The molecule has 4 rings (SSSR count). The van der Waals surface area contributed by atoms with Gasteiger partial charge in [-0.15, -0.1) is 0 Å². The molecule has 0 aromatic heterocycles. The number of hydrogen-bond donors (Lipinski definition) is 1. The van der Waals surface area contributed by atoms with E-state index in [1.807, 2.05) is 25.1 Å². The Bertz CT molecular complexity index is 1010. The molecule has 0 aliphatic carbocycles. The number of para-hydroxylation sites is 2. The molecule has 1 fully saturated rings. The lowest BCUT2D eigenvalue weighted by molar-refractivity contribution is -0.188. The van der Waals surface area contributed by atoms with E-state index < -0.39 is 17.5 Å². The first kappa shape index (κ1) is 24.6. The summed E-state index contributed by atoms with van der Waals surface area (Å²) < 4.78 is 19.1. The van der Waals surface area contributed by atoms with Crippen LogP contribution in [0.2, 0.25) is 0 Å². The van der Waals surface area contributed by atoms with Crippen molar-refractivity contribution in [2.45, 2.75) is 84.0 Å². The SMILES string of the molecule is CCOc1ccccc1CC[C@@H]1O[C@@H]2c3cccc([C@@H](C)CC)c3OC(C)(C)[C@H]2C[C@H]1C(=O)O. The van der Waals surface area contributed by atoms with Crippen LogP contribution in [0, 0.1) is 11.8 Å². The van der Waals surface area contributed by atoms with Gasteiger partial charge in [-0.3, -0.25) is 4.79 Å². The molecule has 0 amide bonds. The Morgan fingerprint density at radius 3 is 2.65 bits per heavy atom. The van der Waals surface area contributed by atoms with Gasteiger partial charge in [-0.05, 0) is 69.6 Å². The van der Waals surface area contributed by atoms with Crippen molar-refractivity contribution in [3.8, 4) is 11.5 Å². The zero-order valence-electron chi connectivity index (χ0n) is 21.0. The molecule has 2 heterocycles. The Kier molecular flexibility index (Phi) is 7.22. The summed E-state index contributed by atoms with van der Waals surface area (Å²) in [5.41, 5.74) is 2.84. The van der Waals surface area contributed by atoms with Crippen molar-refractivity contribution in [2.75, 3.05) is 6.61 Å². The van der Waals surface area contributed by atoms with E-state index in [0.29, 0.717) is 31.8 Å². The van der Waals surface area contributed by atoms with E-state index in [4.69, 9.17) is 14.2 Å². The maximum atomic E-state index is 12.3. The molecule has 2 aromatic rings. The number of aryl methyl sites for hydroxylation is 1. The van der Waals surface area contributed by atoms with E-state index in [1.54, 1.807) is 0 Å². The maximum absolute atomic E-state index is 12.3. The fourth-order valence-corrected chi connectivity index (χ4v) is 5.56. The van der Waals surface area contributed by atoms with Gasteiger partial charge in [-0.1, -0.05) is 50.2 Å². The summed E-state index contributed by atoms with van der Waals surface area (Å²) in [6, 6.07) is 14.3. The number of rotatable bonds is 8. The second kappa shape index (κ2) is 9.99. The third-order valence-electron chi connectivity index (χ3n) is 7.72. The Hall–Kier alpha value is -2.53. The van der Waals surface area contributed by atoms with Crippen LogP contribution in [0.25, 0.3) is 0 Å². The van der Waals surface area contributed by atoms with Crippen molar-refractivity contribution in [3.05, 3.63) is 59.2 Å². The highest BCUT2D eigenvalue weighted by molar-refractivity contribution is 5.71. The second-order valence-electron chi connectivity index (χ2n) is 10.2. The molecular formula is C29H38O5. The van der Waals surface area contributed by atoms with Crippen LogP contribution >= 0.6 is 0 Å². The van der Waals surface area contributed by atoms with E-state index in [2.05, 4.69) is 52.0 Å². The summed E-state index contributed by atoms with van der Waals surface area (Å²) in [5.74, 6) is 0.779. The van der Waals surface area contributed by atoms with Crippen molar-refractivity contribution < 1.29 is 24.1 Å². The number of carboxylic acid groups (broad SMARTS) is 1. The molecule has 0 bridgehead atoms. The summed E-state index contributed by atoms with van der Waals surface area (Å²) in [6.45, 7) is 11.1. The first-order valence-corrected chi connectivity index (χ1v) is 12.7. The van der Waals surface area contributed by atoms with Gasteiger partial charge in [0.2, 0.25) is 0 Å². The number of aliphatic carboxylic acids is 1. The number of hydrogen-bond acceptors (Lipinski definition) is 4. The van der Waals surface area contributed by atoms with Crippen molar-refractivity contribution in [1.82, 2.24) is 0 Å². The van der Waals surface area contributed by atoms with Crippen LogP contribution in [0.4, 0.5) is 0 Å². The average Bonchev–Trinajstić information content (AvgIpc) is 2.82. The van der Waals surface area contributed by atoms with Crippen molar-refractivity contribution in [3.63, 3.8) is 0 Å². The summed E-state index contributed by atoms with van der Waals surface area (Å²) in [7, 11) is 0. The molecule has 2 aliphatic heterocycles. The molecule has 1 saturated heterocycles. The second-order valence-corrected chi connectivity index (χ2v) is 10.2. The Labute approximate surface area is 203 Å². The smallest absolute Gasteiger partial charge is 0.309 e. The first-order chi connectivity index (χ1) is 16.3. The van der Waals surface area contributed by atoms with Gasteiger partial charge in [-0.25, -0.2) is 0 Å². The normalized spacial score (nSPS) is 26.0. The van der Waals surface area contributed by atoms with Gasteiger partial charge in [0.1, 0.15) is 17.1 Å². The van der Waals surface area contributed by atoms with Gasteiger partial charge >= 0.3 is 5.97 Å². The Morgan fingerprint density at radius 2 is 1.94 bits per heavy atom. The highest BCUT2D eigenvalue weighted by Gasteiger charge is 2.52. The lowest BCUT2D eigenvalue weighted by atomic mass is 9.70. The van der Waals surface area contributed by atoms with Crippen LogP contribution < -0.4 is 9.47 Å². The minimum absolute atomic E-state index is 0.0276. The monoisotopic (exact) mass is 466 g/mol. The van der Waals surface area contributed by atoms with Crippen LogP contribution in [-0.2, 0) is 16.0 Å². The summed E-state index contributed by atoms with van der Waals surface area (Å²) in [4.78, 5) is 12.3. The van der Waals surface area contributed by atoms with E-state index in [-0.39, 0.29) is 18.1 Å². The maximum Gasteiger partial charge on any atom is 0.309 e. The van der Waals surface area contributed by atoms with Gasteiger partial charge in [0, 0.05) is 11.5 Å². The molecule has 0 saturated carbocycles. The molecule has 34 heavy (non-hydrogen) atoms. The standard InChI is InChI=1S/C29H38O5/c1-6-18(3)20-12-10-13-21-26(20)34-29(4,5)23-17-22(28(30)31)25(33-27(21)23)16-15-19-11-8-9-14-24(19)32-7-2/h8-14,18,22-23,25,27H,6-7,15-17H2,1-5H3,(H,30,31)/t18-,22+,23-,25-,27+/m0/s1. The van der Waals surface area contributed by atoms with Gasteiger partial charge in [0.25, 0.3) is 0 Å². The molecule has 5 nitrogen and oxygen atoms in total. The van der Waals surface area contributed by atoms with Gasteiger partial charge in [0.05, 0.1) is 24.7 Å². The van der Waals surface area contributed by atoms with Crippen LogP contribution in [0.5, 0.6) is 11.5 Å². The number of fused-ring (bicyclic) bond motifs is 3. The molecule has 184 valence electrons. The largest absolute Gasteiger partial charge is 0.494 e. The molecule has 2 aliphatic rings. The lowest BCUT2D eigenvalue weighted by Gasteiger charge is -2.51. The van der Waals surface area contributed by atoms with Crippen LogP contribution in [0.15, 0.2) is 42.5 Å². The molecule has 0 radical (unpaired) electrons. The fraction of sp³-hybridized carbons (Fsp3) is 0.552. The first-order valence-electron chi connectivity index (χ1n) is 12.7. The third kappa shape index (κ3) is 4.68. The highest BCUT2D eigenvalue weighted by Crippen LogP contribution is 2.54. The highest BCUT2D eigenvalue weighted by atomic mass is 16.5. The van der Waals surface area contributed by atoms with Crippen molar-refractivity contribution in [2.24, 2.45) is 11.8 Å².